The number of phenolic OH excluding ortho intramolecular Hbond substituents is 1. The number of carbonyl (C=O) groups excluding carboxylic acids is 2. The van der Waals surface area contributed by atoms with Gasteiger partial charge >= 0.3 is 5.69 Å². The number of hydrogen-bond donors (Lipinski definition) is 1. The number of amides is 2. The smallest absolute Gasteiger partial charge is 0.311 e. The summed E-state index contributed by atoms with van der Waals surface area (Å²) in [6, 6.07) is 8.75. The maximum Gasteiger partial charge on any atom is 0.311 e. The van der Waals surface area contributed by atoms with Crippen LogP contribution < -0.4 is 0 Å². The van der Waals surface area contributed by atoms with Crippen molar-refractivity contribution in [2.75, 3.05) is 0 Å². The highest BCUT2D eigenvalue weighted by molar-refractivity contribution is 8.18. The van der Waals surface area contributed by atoms with E-state index in [1.807, 2.05) is 0 Å². The third-order valence-electron chi connectivity index (χ3n) is 3.78. The molecular formula is C17H10Cl2N2O5S. The highest BCUT2D eigenvalue weighted by Gasteiger charge is 2.36. The van der Waals surface area contributed by atoms with E-state index >= 15 is 0 Å². The van der Waals surface area contributed by atoms with Gasteiger partial charge in [0.05, 0.1) is 16.4 Å². The van der Waals surface area contributed by atoms with Crippen LogP contribution >= 0.6 is 35.0 Å². The molecule has 0 spiro atoms. The Bertz CT molecular complexity index is 989. The van der Waals surface area contributed by atoms with Gasteiger partial charge in [-0.15, -0.1) is 0 Å². The van der Waals surface area contributed by atoms with Gasteiger partial charge in [-0.25, -0.2) is 0 Å². The molecule has 0 aromatic heterocycles. The summed E-state index contributed by atoms with van der Waals surface area (Å²) < 4.78 is 0. The van der Waals surface area contributed by atoms with E-state index in [4.69, 9.17) is 23.2 Å². The Kier molecular flexibility index (Phi) is 5.41. The third-order valence-corrected chi connectivity index (χ3v) is 5.40. The van der Waals surface area contributed by atoms with Crippen molar-refractivity contribution >= 4 is 57.9 Å². The van der Waals surface area contributed by atoms with Crippen LogP contribution in [-0.2, 0) is 11.3 Å². The van der Waals surface area contributed by atoms with Crippen molar-refractivity contribution in [1.29, 1.82) is 0 Å². The molecule has 0 unspecified atom stereocenters. The van der Waals surface area contributed by atoms with Crippen LogP contribution in [0.1, 0.15) is 11.1 Å². The van der Waals surface area contributed by atoms with Gasteiger partial charge in [-0.05, 0) is 30.0 Å². The standard InChI is InChI=1S/C17H10Cl2N2O5S/c18-11-4-2-5-12(19)10(11)8-20-16(23)14(27-17(20)24)7-9-3-1-6-13(15(9)22)21(25)26/h1-7,22H,8H2/b14-7-. The Morgan fingerprint density at radius 2 is 1.78 bits per heavy atom. The summed E-state index contributed by atoms with van der Waals surface area (Å²) >= 11 is 12.8. The molecule has 1 aliphatic heterocycles. The van der Waals surface area contributed by atoms with Gasteiger partial charge in [0.1, 0.15) is 0 Å². The predicted molar refractivity (Wildman–Crippen MR) is 103 cm³/mol. The fraction of sp³-hybridized carbons (Fsp3) is 0.0588. The van der Waals surface area contributed by atoms with E-state index in [1.54, 1.807) is 18.2 Å². The third kappa shape index (κ3) is 3.78. The van der Waals surface area contributed by atoms with Crippen LogP contribution in [0, 0.1) is 10.1 Å². The zero-order chi connectivity index (χ0) is 19.7. The molecule has 2 aromatic carbocycles. The molecule has 7 nitrogen and oxygen atoms in total. The van der Waals surface area contributed by atoms with Crippen molar-refractivity contribution in [1.82, 2.24) is 4.90 Å². The van der Waals surface area contributed by atoms with Gasteiger partial charge in [0.2, 0.25) is 5.75 Å². The second kappa shape index (κ2) is 7.59. The average molecular weight is 425 g/mol. The normalized spacial score (nSPS) is 15.6. The summed E-state index contributed by atoms with van der Waals surface area (Å²) in [5.41, 5.74) is -0.00103. The first-order chi connectivity index (χ1) is 12.8. The summed E-state index contributed by atoms with van der Waals surface area (Å²) in [6.45, 7) is -0.110. The monoisotopic (exact) mass is 424 g/mol. The van der Waals surface area contributed by atoms with Gasteiger partial charge in [0.15, 0.2) is 0 Å². The quantitative estimate of drug-likeness (QED) is 0.427. The van der Waals surface area contributed by atoms with Gasteiger partial charge in [0.25, 0.3) is 11.1 Å². The van der Waals surface area contributed by atoms with Crippen molar-refractivity contribution in [3.05, 3.63) is 72.6 Å². The summed E-state index contributed by atoms with van der Waals surface area (Å²) in [4.78, 5) is 36.0. The van der Waals surface area contributed by atoms with E-state index in [0.29, 0.717) is 27.4 Å². The van der Waals surface area contributed by atoms with E-state index in [2.05, 4.69) is 0 Å². The summed E-state index contributed by atoms with van der Waals surface area (Å²) in [5, 5.41) is 21.0. The largest absolute Gasteiger partial charge is 0.502 e. The molecule has 0 radical (unpaired) electrons. The van der Waals surface area contributed by atoms with Crippen LogP contribution in [0.4, 0.5) is 10.5 Å². The summed E-state index contributed by atoms with van der Waals surface area (Å²) in [7, 11) is 0. The maximum absolute atomic E-state index is 12.6. The second-order valence-electron chi connectivity index (χ2n) is 5.44. The zero-order valence-corrected chi connectivity index (χ0v) is 15.7. The number of imide groups is 1. The number of benzene rings is 2. The predicted octanol–water partition coefficient (Wildman–Crippen LogP) is 4.84. The fourth-order valence-corrected chi connectivity index (χ4v) is 3.78. The first-order valence-corrected chi connectivity index (χ1v) is 9.01. The number of nitro benzene ring substituents is 1. The minimum Gasteiger partial charge on any atom is -0.502 e. The summed E-state index contributed by atoms with van der Waals surface area (Å²) in [6.07, 6.45) is 1.24. The van der Waals surface area contributed by atoms with E-state index in [0.717, 1.165) is 11.0 Å². The Balaban J connectivity index is 1.92. The number of rotatable bonds is 4. The van der Waals surface area contributed by atoms with Gasteiger partial charge < -0.3 is 5.11 Å². The van der Waals surface area contributed by atoms with Crippen LogP contribution in [0.25, 0.3) is 6.08 Å². The zero-order valence-electron chi connectivity index (χ0n) is 13.4. The van der Waals surface area contributed by atoms with Crippen molar-refractivity contribution < 1.29 is 19.6 Å². The number of carbonyl (C=O) groups is 2. The first kappa shape index (κ1) is 19.2. The minimum absolute atomic E-state index is 0.0268. The summed E-state index contributed by atoms with van der Waals surface area (Å²) in [5.74, 6) is -1.18. The Labute approximate surface area is 167 Å². The van der Waals surface area contributed by atoms with E-state index in [1.165, 1.54) is 18.2 Å². The molecule has 1 N–H and O–H groups in total. The number of halogens is 2. The Hall–Kier alpha value is -2.55. The lowest BCUT2D eigenvalue weighted by molar-refractivity contribution is -0.385. The lowest BCUT2D eigenvalue weighted by Crippen LogP contribution is -2.27. The molecule has 138 valence electrons. The first-order valence-electron chi connectivity index (χ1n) is 7.44. The molecule has 0 atom stereocenters. The highest BCUT2D eigenvalue weighted by atomic mass is 35.5. The number of nitrogens with zero attached hydrogens (tertiary/aromatic N) is 2. The van der Waals surface area contributed by atoms with Crippen molar-refractivity contribution in [2.45, 2.75) is 6.54 Å². The Morgan fingerprint density at radius 3 is 2.41 bits per heavy atom. The van der Waals surface area contributed by atoms with Crippen molar-refractivity contribution in [3.63, 3.8) is 0 Å². The molecule has 10 heteroatoms. The number of thioether (sulfide) groups is 1. The molecule has 0 bridgehead atoms. The SMILES string of the molecule is O=C1S/C(=C\c2cccc([N+](=O)[O-])c2O)C(=O)N1Cc1c(Cl)cccc1Cl. The molecular weight excluding hydrogens is 415 g/mol. The van der Waals surface area contributed by atoms with Crippen LogP contribution in [0.2, 0.25) is 10.0 Å². The van der Waals surface area contributed by atoms with Crippen LogP contribution in [0.5, 0.6) is 5.75 Å². The number of phenols is 1. The molecule has 27 heavy (non-hydrogen) atoms. The number of para-hydroxylation sites is 1. The molecule has 1 aliphatic rings. The molecule has 2 aromatic rings. The number of nitro groups is 1. The van der Waals surface area contributed by atoms with Gasteiger partial charge in [-0.3, -0.25) is 24.6 Å². The molecule has 2 amide bonds. The highest BCUT2D eigenvalue weighted by Crippen LogP contribution is 2.38. The van der Waals surface area contributed by atoms with Crippen LogP contribution in [0.15, 0.2) is 41.3 Å². The topological polar surface area (TPSA) is 101 Å². The van der Waals surface area contributed by atoms with Crippen LogP contribution in [0.3, 0.4) is 0 Å². The number of aromatic hydroxyl groups is 1. The van der Waals surface area contributed by atoms with Crippen molar-refractivity contribution in [3.8, 4) is 5.75 Å². The lowest BCUT2D eigenvalue weighted by atomic mass is 10.1. The molecule has 1 saturated heterocycles. The van der Waals surface area contributed by atoms with Gasteiger partial charge in [-0.1, -0.05) is 41.4 Å². The van der Waals surface area contributed by atoms with Crippen molar-refractivity contribution in [2.24, 2.45) is 0 Å². The van der Waals surface area contributed by atoms with Crippen LogP contribution in [-0.4, -0.2) is 26.1 Å². The molecule has 1 fully saturated rings. The van der Waals surface area contributed by atoms with Gasteiger partial charge in [0, 0.05) is 27.2 Å². The molecule has 0 aliphatic carbocycles. The van der Waals surface area contributed by atoms with E-state index < -0.39 is 27.5 Å². The molecule has 0 saturated carbocycles. The molecule has 1 heterocycles. The van der Waals surface area contributed by atoms with E-state index in [9.17, 15) is 24.8 Å². The average Bonchev–Trinajstić information content (AvgIpc) is 2.86. The fourth-order valence-electron chi connectivity index (χ4n) is 2.43. The maximum atomic E-state index is 12.6. The lowest BCUT2D eigenvalue weighted by Gasteiger charge is -2.14. The van der Waals surface area contributed by atoms with E-state index in [-0.39, 0.29) is 17.0 Å². The minimum atomic E-state index is -0.738. The van der Waals surface area contributed by atoms with Gasteiger partial charge in [-0.2, -0.15) is 0 Å². The Morgan fingerprint density at radius 1 is 1.15 bits per heavy atom. The molecule has 3 rings (SSSR count). The second-order valence-corrected chi connectivity index (χ2v) is 7.25. The number of hydrogen-bond acceptors (Lipinski definition) is 6.